The van der Waals surface area contributed by atoms with Gasteiger partial charge in [-0.25, -0.2) is 13.9 Å². The molecule has 4 amide bonds. The molecule has 28 heavy (non-hydrogen) atoms. The summed E-state index contributed by atoms with van der Waals surface area (Å²) in [5, 5.41) is 8.02. The third-order valence-electron chi connectivity index (χ3n) is 3.36. The van der Waals surface area contributed by atoms with Crippen molar-refractivity contribution in [1.82, 2.24) is 0 Å². The number of benzene rings is 2. The number of carbonyl (C=O) groups excluding carboxylic acids is 3. The van der Waals surface area contributed by atoms with Crippen LogP contribution in [0.4, 0.5) is 32.3 Å². The maximum Gasteiger partial charge on any atom is 0.411 e. The van der Waals surface area contributed by atoms with Crippen LogP contribution in [0.5, 0.6) is 0 Å². The molecule has 0 spiro atoms. The molecule has 148 valence electrons. The van der Waals surface area contributed by atoms with E-state index in [0.29, 0.717) is 22.7 Å². The van der Waals surface area contributed by atoms with Crippen molar-refractivity contribution in [2.45, 2.75) is 13.8 Å². The van der Waals surface area contributed by atoms with Gasteiger partial charge in [0.05, 0.1) is 23.0 Å². The maximum absolute atomic E-state index is 12.4. The number of nitrogens with one attached hydrogen (secondary N) is 3. The summed E-state index contributed by atoms with van der Waals surface area (Å²) in [4.78, 5) is 34.9. The molecule has 0 saturated carbocycles. The van der Waals surface area contributed by atoms with Crippen LogP contribution in [0.15, 0.2) is 42.5 Å². The number of hydrogen-bond donors (Lipinski definition) is 4. The fourth-order valence-electron chi connectivity index (χ4n) is 2.15. The van der Waals surface area contributed by atoms with Gasteiger partial charge in [-0.1, -0.05) is 24.4 Å². The Kier molecular flexibility index (Phi) is 7.53. The summed E-state index contributed by atoms with van der Waals surface area (Å²) in [5.41, 5.74) is 1.88. The van der Waals surface area contributed by atoms with Crippen molar-refractivity contribution in [2.24, 2.45) is 0 Å². The third-order valence-corrected chi connectivity index (χ3v) is 4.08. The third kappa shape index (κ3) is 6.07. The number of rotatable bonds is 5. The van der Waals surface area contributed by atoms with E-state index in [2.05, 4.69) is 28.8 Å². The lowest BCUT2D eigenvalue weighted by molar-refractivity contribution is -0.114. The molecule has 0 saturated heterocycles. The van der Waals surface area contributed by atoms with E-state index >= 15 is 0 Å². The summed E-state index contributed by atoms with van der Waals surface area (Å²) < 4.78 is 5.86. The largest absolute Gasteiger partial charge is 0.450 e. The molecule has 0 unspecified atom stereocenters. The molecule has 0 aromatic heterocycles. The monoisotopic (exact) mass is 422 g/mol. The van der Waals surface area contributed by atoms with Crippen LogP contribution in [-0.4, -0.2) is 24.6 Å². The van der Waals surface area contributed by atoms with E-state index in [4.69, 9.17) is 16.3 Å². The molecule has 0 bridgehead atoms. The highest BCUT2D eigenvalue weighted by atomic mass is 35.5. The zero-order chi connectivity index (χ0) is 20.7. The van der Waals surface area contributed by atoms with Crippen LogP contribution in [0.25, 0.3) is 0 Å². The minimum atomic E-state index is -0.625. The van der Waals surface area contributed by atoms with Gasteiger partial charge in [0.15, 0.2) is 0 Å². The van der Waals surface area contributed by atoms with Crippen molar-refractivity contribution in [3.63, 3.8) is 0 Å². The first-order chi connectivity index (χ1) is 13.3. The minimum Gasteiger partial charge on any atom is -0.450 e. The fraction of sp³-hybridized carbons (Fsp3) is 0.167. The normalized spacial score (nSPS) is 10.0. The summed E-state index contributed by atoms with van der Waals surface area (Å²) in [6.45, 7) is 3.33. The Morgan fingerprint density at radius 1 is 1.04 bits per heavy atom. The molecule has 0 radical (unpaired) electrons. The van der Waals surface area contributed by atoms with Gasteiger partial charge < -0.3 is 15.4 Å². The number of anilines is 4. The van der Waals surface area contributed by atoms with Crippen molar-refractivity contribution in [1.29, 1.82) is 0 Å². The van der Waals surface area contributed by atoms with Crippen LogP contribution < -0.4 is 20.3 Å². The SMILES string of the molecule is CCOC(=O)Nc1ccc(N(S)C(=O)Nc2ccc(NC(C)=O)cc2)cc1Cl. The summed E-state index contributed by atoms with van der Waals surface area (Å²) in [6, 6.07) is 10.7. The molecule has 2 aromatic carbocycles. The smallest absolute Gasteiger partial charge is 0.411 e. The van der Waals surface area contributed by atoms with Gasteiger partial charge >= 0.3 is 12.1 Å². The van der Waals surface area contributed by atoms with E-state index in [9.17, 15) is 14.4 Å². The molecule has 3 N–H and O–H groups in total. The maximum atomic E-state index is 12.4. The molecule has 8 nitrogen and oxygen atoms in total. The second kappa shape index (κ2) is 9.86. The zero-order valence-corrected chi connectivity index (χ0v) is 16.8. The van der Waals surface area contributed by atoms with Gasteiger partial charge in [0, 0.05) is 18.3 Å². The zero-order valence-electron chi connectivity index (χ0n) is 15.2. The van der Waals surface area contributed by atoms with Crippen molar-refractivity contribution >= 4 is 65.2 Å². The predicted molar refractivity (Wildman–Crippen MR) is 113 cm³/mol. The Morgan fingerprint density at radius 3 is 2.18 bits per heavy atom. The molecule has 10 heteroatoms. The van der Waals surface area contributed by atoms with Crippen LogP contribution in [0.2, 0.25) is 5.02 Å². The van der Waals surface area contributed by atoms with E-state index in [1.807, 2.05) is 0 Å². The first kappa shape index (κ1) is 21.4. The molecule has 0 aliphatic rings. The highest BCUT2D eigenvalue weighted by Crippen LogP contribution is 2.29. The number of carbonyl (C=O) groups is 3. The van der Waals surface area contributed by atoms with Crippen molar-refractivity contribution in [3.05, 3.63) is 47.5 Å². The van der Waals surface area contributed by atoms with Crippen molar-refractivity contribution < 1.29 is 19.1 Å². The standard InChI is InChI=1S/C18H19ClN4O4S/c1-3-27-18(26)22-16-9-8-14(10-15(16)19)23(28)17(25)21-13-6-4-12(5-7-13)20-11(2)24/h4-10,28H,3H2,1-2H3,(H,20,24)(H,21,25)(H,22,26). The van der Waals surface area contributed by atoms with Gasteiger partial charge in [0.25, 0.3) is 0 Å². The Morgan fingerprint density at radius 2 is 1.64 bits per heavy atom. The van der Waals surface area contributed by atoms with E-state index < -0.39 is 12.1 Å². The van der Waals surface area contributed by atoms with Crippen LogP contribution in [0.1, 0.15) is 13.8 Å². The van der Waals surface area contributed by atoms with Crippen LogP contribution in [0, 0.1) is 0 Å². The number of hydrogen-bond acceptors (Lipinski definition) is 5. The van der Waals surface area contributed by atoms with E-state index in [0.717, 1.165) is 4.31 Å². The second-order valence-electron chi connectivity index (χ2n) is 5.51. The summed E-state index contributed by atoms with van der Waals surface area (Å²) in [6.07, 6.45) is -0.625. The number of urea groups is 1. The van der Waals surface area contributed by atoms with Gasteiger partial charge in [-0.2, -0.15) is 0 Å². The Hall–Kier alpha value is -2.91. The van der Waals surface area contributed by atoms with Gasteiger partial charge in [-0.3, -0.25) is 10.1 Å². The first-order valence-electron chi connectivity index (χ1n) is 8.21. The number of halogens is 1. The molecule has 0 fully saturated rings. The van der Waals surface area contributed by atoms with Crippen LogP contribution >= 0.6 is 24.4 Å². The lowest BCUT2D eigenvalue weighted by Gasteiger charge is -2.18. The fourth-order valence-corrected chi connectivity index (χ4v) is 2.54. The molecule has 2 rings (SSSR count). The Labute approximate surface area is 172 Å². The Balaban J connectivity index is 2.03. The summed E-state index contributed by atoms with van der Waals surface area (Å²) in [5.74, 6) is -0.184. The van der Waals surface area contributed by atoms with E-state index in [-0.39, 0.29) is 17.5 Å². The molecular weight excluding hydrogens is 404 g/mol. The van der Waals surface area contributed by atoms with E-state index in [1.165, 1.54) is 19.1 Å². The lowest BCUT2D eigenvalue weighted by atomic mass is 10.2. The predicted octanol–water partition coefficient (Wildman–Crippen LogP) is 4.75. The van der Waals surface area contributed by atoms with E-state index in [1.54, 1.807) is 37.3 Å². The summed E-state index contributed by atoms with van der Waals surface area (Å²) >= 11 is 10.3. The number of amides is 4. The average Bonchev–Trinajstić information content (AvgIpc) is 2.64. The number of nitrogens with zero attached hydrogens (tertiary/aromatic N) is 1. The van der Waals surface area contributed by atoms with Gasteiger partial charge in [-0.15, -0.1) is 0 Å². The molecule has 0 heterocycles. The first-order valence-corrected chi connectivity index (χ1v) is 8.99. The van der Waals surface area contributed by atoms with Crippen molar-refractivity contribution in [3.8, 4) is 0 Å². The number of thiol groups is 1. The van der Waals surface area contributed by atoms with Crippen LogP contribution in [0.3, 0.4) is 0 Å². The molecule has 0 aliphatic heterocycles. The lowest BCUT2D eigenvalue weighted by Crippen LogP contribution is -2.26. The minimum absolute atomic E-state index is 0.184. The summed E-state index contributed by atoms with van der Waals surface area (Å²) in [7, 11) is 0. The quantitative estimate of drug-likeness (QED) is 0.522. The van der Waals surface area contributed by atoms with Gasteiger partial charge in [0.2, 0.25) is 5.91 Å². The molecule has 0 aliphatic carbocycles. The van der Waals surface area contributed by atoms with Crippen molar-refractivity contribution in [2.75, 3.05) is 26.9 Å². The second-order valence-corrected chi connectivity index (χ2v) is 6.32. The topological polar surface area (TPSA) is 99.8 Å². The van der Waals surface area contributed by atoms with Gasteiger partial charge in [-0.05, 0) is 49.4 Å². The number of ether oxygens (including phenoxy) is 1. The highest BCUT2D eigenvalue weighted by Gasteiger charge is 2.15. The van der Waals surface area contributed by atoms with Crippen LogP contribution in [-0.2, 0) is 9.53 Å². The van der Waals surface area contributed by atoms with Gasteiger partial charge in [0.1, 0.15) is 0 Å². The highest BCUT2D eigenvalue weighted by molar-refractivity contribution is 7.82. The average molecular weight is 423 g/mol. The molecule has 0 atom stereocenters. The molecular formula is C18H19ClN4O4S. The Bertz CT molecular complexity index is 876. The molecule has 2 aromatic rings.